The van der Waals surface area contributed by atoms with Gasteiger partial charge in [0.2, 0.25) is 0 Å². The molecule has 138 valence electrons. The predicted octanol–water partition coefficient (Wildman–Crippen LogP) is 3.22. The predicted molar refractivity (Wildman–Crippen MR) is 105 cm³/mol. The highest BCUT2D eigenvalue weighted by Crippen LogP contribution is 2.32. The lowest BCUT2D eigenvalue weighted by molar-refractivity contribution is -0.384. The number of aliphatic hydroxyl groups excluding tert-OH is 1. The summed E-state index contributed by atoms with van der Waals surface area (Å²) in [6.07, 6.45) is 6.91. The summed E-state index contributed by atoms with van der Waals surface area (Å²) < 4.78 is 2.27. The molecule has 2 heterocycles. The molecule has 0 saturated carbocycles. The molecule has 0 spiro atoms. The molecule has 3 rings (SSSR count). The van der Waals surface area contributed by atoms with Gasteiger partial charge < -0.3 is 15.0 Å². The Morgan fingerprint density at radius 1 is 1.48 bits per heavy atom. The number of nitrogens with one attached hydrogen (secondary N) is 1. The van der Waals surface area contributed by atoms with Crippen molar-refractivity contribution in [2.45, 2.75) is 31.5 Å². The number of piperidine rings is 1. The van der Waals surface area contributed by atoms with Gasteiger partial charge >= 0.3 is 5.69 Å². The van der Waals surface area contributed by atoms with E-state index in [4.69, 9.17) is 0 Å². The molecule has 2 N–H and O–H groups in total. The average molecular weight is 454 g/mol. The van der Waals surface area contributed by atoms with Crippen LogP contribution in [0.25, 0.3) is 11.0 Å². The Bertz CT molecular complexity index is 769. The number of hydrogen-bond donors (Lipinski definition) is 2. The maximum absolute atomic E-state index is 11.2. The smallest absolute Gasteiger partial charge is 0.311 e. The van der Waals surface area contributed by atoms with E-state index >= 15 is 0 Å². The number of allylic oxidation sites excluding steroid dienone is 1. The summed E-state index contributed by atoms with van der Waals surface area (Å²) in [5, 5.41) is 24.4. The lowest BCUT2D eigenvalue weighted by Gasteiger charge is -2.26. The van der Waals surface area contributed by atoms with Crippen molar-refractivity contribution in [2.24, 2.45) is 0 Å². The lowest BCUT2D eigenvalue weighted by atomic mass is 10.0. The summed E-state index contributed by atoms with van der Waals surface area (Å²) in [5.41, 5.74) is 1.06. The van der Waals surface area contributed by atoms with Gasteiger partial charge in [-0.1, -0.05) is 12.2 Å². The van der Waals surface area contributed by atoms with Gasteiger partial charge in [-0.25, -0.2) is 4.98 Å². The first-order valence-corrected chi connectivity index (χ1v) is 8.23. The van der Waals surface area contributed by atoms with Crippen LogP contribution in [-0.2, 0) is 6.54 Å². The summed E-state index contributed by atoms with van der Waals surface area (Å²) >= 11 is 3.20. The minimum Gasteiger partial charge on any atom is -0.391 e. The highest BCUT2D eigenvalue weighted by Gasteiger charge is 2.21. The molecule has 0 amide bonds. The maximum atomic E-state index is 11.2. The molecule has 1 aliphatic heterocycles. The lowest BCUT2D eigenvalue weighted by Crippen LogP contribution is -2.43. The maximum Gasteiger partial charge on any atom is 0.311 e. The van der Waals surface area contributed by atoms with E-state index in [1.807, 2.05) is 16.7 Å². The Kier molecular flexibility index (Phi) is 8.30. The first-order valence-electron chi connectivity index (χ1n) is 7.44. The van der Waals surface area contributed by atoms with Crippen molar-refractivity contribution in [1.29, 1.82) is 0 Å². The molecule has 2 aromatic rings. The third-order valence-corrected chi connectivity index (χ3v) is 4.66. The molecule has 2 atom stereocenters. The molecule has 1 aromatic carbocycles. The second kappa shape index (κ2) is 9.49. The zero-order chi connectivity index (χ0) is 16.4. The topological polar surface area (TPSA) is 93.2 Å². The number of aliphatic hydroxyl groups is 1. The highest BCUT2D eigenvalue weighted by molar-refractivity contribution is 9.10. The van der Waals surface area contributed by atoms with Gasteiger partial charge in [0, 0.05) is 6.54 Å². The second-order valence-electron chi connectivity index (χ2n) is 5.54. The Morgan fingerprint density at radius 3 is 2.92 bits per heavy atom. The fourth-order valence-corrected chi connectivity index (χ4v) is 3.29. The van der Waals surface area contributed by atoms with Gasteiger partial charge in [0.15, 0.2) is 5.52 Å². The number of aromatic nitrogens is 2. The van der Waals surface area contributed by atoms with Crippen LogP contribution in [0.4, 0.5) is 5.69 Å². The number of fused-ring (bicyclic) bond motifs is 1. The van der Waals surface area contributed by atoms with E-state index in [0.717, 1.165) is 19.4 Å². The molecular formula is C15H19BrCl2N4O3. The zero-order valence-electron chi connectivity index (χ0n) is 13.2. The number of nitrogens with zero attached hydrogens (tertiary/aromatic N) is 3. The van der Waals surface area contributed by atoms with Crippen molar-refractivity contribution < 1.29 is 10.0 Å². The van der Waals surface area contributed by atoms with Gasteiger partial charge in [-0.3, -0.25) is 10.1 Å². The number of benzene rings is 1. The highest BCUT2D eigenvalue weighted by atomic mass is 79.9. The van der Waals surface area contributed by atoms with Crippen LogP contribution in [0.2, 0.25) is 0 Å². The SMILES string of the molecule is Cl.Cl.O=[N+]([O-])c1c(Br)ccc2c1ncn2C/C=C/[C@H]1NCCC[C@@H]1O. The standard InChI is InChI=1S/C15H17BrN4O3.2ClH/c16-10-5-6-12-14(15(10)20(22)23)18-9-19(12)8-2-3-11-13(21)4-1-7-17-11;;/h2-3,5-6,9,11,13,17,21H,1,4,7-8H2;2*1H/b3-2+;;/t11-,13+;;/m1../s1. The van der Waals surface area contributed by atoms with E-state index in [9.17, 15) is 15.2 Å². The van der Waals surface area contributed by atoms with Gasteiger partial charge in [0.25, 0.3) is 0 Å². The summed E-state index contributed by atoms with van der Waals surface area (Å²) in [4.78, 5) is 14.9. The fraction of sp³-hybridized carbons (Fsp3) is 0.400. The number of nitro benzene ring substituents is 1. The summed E-state index contributed by atoms with van der Waals surface area (Å²) in [7, 11) is 0. The van der Waals surface area contributed by atoms with E-state index in [1.54, 1.807) is 18.5 Å². The van der Waals surface area contributed by atoms with Gasteiger partial charge in [-0.05, 0) is 47.4 Å². The number of imidazole rings is 1. The van der Waals surface area contributed by atoms with Gasteiger partial charge in [0.1, 0.15) is 0 Å². The van der Waals surface area contributed by atoms with Gasteiger partial charge in [-0.15, -0.1) is 24.8 Å². The van der Waals surface area contributed by atoms with Crippen LogP contribution >= 0.6 is 40.7 Å². The van der Waals surface area contributed by atoms with Crippen molar-refractivity contribution in [3.05, 3.63) is 45.2 Å². The van der Waals surface area contributed by atoms with Crippen molar-refractivity contribution in [1.82, 2.24) is 14.9 Å². The van der Waals surface area contributed by atoms with E-state index in [1.165, 1.54) is 0 Å². The van der Waals surface area contributed by atoms with Crippen LogP contribution in [0.5, 0.6) is 0 Å². The summed E-state index contributed by atoms with van der Waals surface area (Å²) in [6, 6.07) is 3.43. The number of halogens is 3. The molecule has 1 aromatic heterocycles. The van der Waals surface area contributed by atoms with Crippen molar-refractivity contribution >= 4 is 57.5 Å². The summed E-state index contributed by atoms with van der Waals surface area (Å²) in [5.74, 6) is 0. The van der Waals surface area contributed by atoms with Crippen LogP contribution in [0.3, 0.4) is 0 Å². The van der Waals surface area contributed by atoms with Gasteiger partial charge in [-0.2, -0.15) is 0 Å². The fourth-order valence-electron chi connectivity index (χ4n) is 2.83. The van der Waals surface area contributed by atoms with Crippen LogP contribution in [0.1, 0.15) is 12.8 Å². The Morgan fingerprint density at radius 2 is 2.24 bits per heavy atom. The van der Waals surface area contributed by atoms with Crippen LogP contribution in [0, 0.1) is 10.1 Å². The molecule has 0 bridgehead atoms. The number of nitro groups is 1. The molecule has 7 nitrogen and oxygen atoms in total. The molecule has 0 radical (unpaired) electrons. The molecular weight excluding hydrogens is 435 g/mol. The molecule has 1 fully saturated rings. The molecule has 25 heavy (non-hydrogen) atoms. The Labute approximate surface area is 165 Å². The first kappa shape index (κ1) is 21.9. The molecule has 0 unspecified atom stereocenters. The summed E-state index contributed by atoms with van der Waals surface area (Å²) in [6.45, 7) is 1.44. The number of hydrogen-bond acceptors (Lipinski definition) is 5. The quantitative estimate of drug-likeness (QED) is 0.421. The monoisotopic (exact) mass is 452 g/mol. The van der Waals surface area contributed by atoms with Crippen molar-refractivity contribution in [2.75, 3.05) is 6.54 Å². The molecule has 10 heteroatoms. The van der Waals surface area contributed by atoms with E-state index in [-0.39, 0.29) is 42.6 Å². The average Bonchev–Trinajstić information content (AvgIpc) is 2.91. The van der Waals surface area contributed by atoms with E-state index in [2.05, 4.69) is 26.2 Å². The van der Waals surface area contributed by atoms with Gasteiger partial charge in [0.05, 0.1) is 33.4 Å². The second-order valence-corrected chi connectivity index (χ2v) is 6.39. The van der Waals surface area contributed by atoms with Crippen molar-refractivity contribution in [3.8, 4) is 0 Å². The van der Waals surface area contributed by atoms with E-state index < -0.39 is 4.92 Å². The largest absolute Gasteiger partial charge is 0.391 e. The normalized spacial score (nSPS) is 20.2. The van der Waals surface area contributed by atoms with Crippen molar-refractivity contribution in [3.63, 3.8) is 0 Å². The Balaban J connectivity index is 0.00000156. The molecule has 0 aliphatic carbocycles. The van der Waals surface area contributed by atoms with Crippen LogP contribution in [0.15, 0.2) is 35.1 Å². The minimum atomic E-state index is -0.429. The molecule has 1 saturated heterocycles. The third-order valence-electron chi connectivity index (χ3n) is 4.02. The van der Waals surface area contributed by atoms with Crippen LogP contribution in [-0.4, -0.2) is 38.3 Å². The van der Waals surface area contributed by atoms with E-state index in [0.29, 0.717) is 22.1 Å². The molecule has 1 aliphatic rings. The third kappa shape index (κ3) is 4.71. The number of rotatable bonds is 4. The minimum absolute atomic E-state index is 0. The Hall–Kier alpha value is -1.19. The zero-order valence-corrected chi connectivity index (χ0v) is 16.4. The first-order chi connectivity index (χ1) is 11.1. The van der Waals surface area contributed by atoms with Crippen LogP contribution < -0.4 is 5.32 Å².